The normalized spacial score (nSPS) is 14.3. The predicted molar refractivity (Wildman–Crippen MR) is 132 cm³/mol. The molecule has 1 fully saturated rings. The van der Waals surface area contributed by atoms with E-state index in [0.29, 0.717) is 23.0 Å². The third-order valence-electron chi connectivity index (χ3n) is 5.90. The topological polar surface area (TPSA) is 130 Å². The van der Waals surface area contributed by atoms with Crippen LogP contribution in [0.15, 0.2) is 83.3 Å². The van der Waals surface area contributed by atoms with E-state index in [0.717, 1.165) is 21.7 Å². The second-order valence-corrected chi connectivity index (χ2v) is 8.30. The minimum atomic E-state index is -0.911. The molecule has 0 spiro atoms. The molecule has 0 bridgehead atoms. The number of non-ortho nitro benzene ring substituents is 1. The Balaban J connectivity index is 1.55. The maximum Gasteiger partial charge on any atom is 0.329 e. The molecular formula is C26H17F2N5O5. The van der Waals surface area contributed by atoms with Gasteiger partial charge in [0, 0.05) is 29.3 Å². The van der Waals surface area contributed by atoms with Crippen LogP contribution in [0.5, 0.6) is 0 Å². The van der Waals surface area contributed by atoms with Crippen molar-refractivity contribution in [2.45, 2.75) is 6.54 Å². The van der Waals surface area contributed by atoms with Crippen molar-refractivity contribution in [3.05, 3.63) is 122 Å². The lowest BCUT2D eigenvalue weighted by atomic mass is 10.1. The highest BCUT2D eigenvalue weighted by Gasteiger charge is 2.35. The van der Waals surface area contributed by atoms with E-state index in [9.17, 15) is 33.3 Å². The molecule has 1 aromatic heterocycles. The summed E-state index contributed by atoms with van der Waals surface area (Å²) in [5.74, 6) is -2.51. The van der Waals surface area contributed by atoms with Gasteiger partial charge in [-0.25, -0.2) is 18.3 Å². The van der Waals surface area contributed by atoms with Crippen LogP contribution < -0.4 is 10.9 Å². The number of nitro benzene ring substituents is 1. The molecule has 4 aromatic rings. The summed E-state index contributed by atoms with van der Waals surface area (Å²) in [5, 5.41) is 16.4. The summed E-state index contributed by atoms with van der Waals surface area (Å²) in [6.45, 7) is -0.445. The lowest BCUT2D eigenvalue weighted by Gasteiger charge is -2.12. The Morgan fingerprint density at radius 1 is 0.947 bits per heavy atom. The van der Waals surface area contributed by atoms with Crippen LogP contribution in [0.25, 0.3) is 23.0 Å². The molecule has 0 radical (unpaired) electrons. The van der Waals surface area contributed by atoms with Gasteiger partial charge in [0.2, 0.25) is 0 Å². The molecule has 5 rings (SSSR count). The summed E-state index contributed by atoms with van der Waals surface area (Å²) in [6.07, 6.45) is 1.21. The fraction of sp³-hybridized carbons (Fsp3) is 0.0385. The standard InChI is InChI=1S/C26H17F2N5O5/c27-17-7-6-16(21(28)12-17)14-31-25(35)22(29-26(31)36)13-20-23(15-4-2-1-3-5-15)30-32(24(20)34)18-8-10-19(11-9-18)33(37)38/h1-13,30H,14H2,(H,29,36). The first-order valence-corrected chi connectivity index (χ1v) is 11.2. The first kappa shape index (κ1) is 24.3. The van der Waals surface area contributed by atoms with E-state index in [1.54, 1.807) is 30.3 Å². The molecule has 3 amide bonds. The predicted octanol–water partition coefficient (Wildman–Crippen LogP) is 4.11. The fourth-order valence-electron chi connectivity index (χ4n) is 3.99. The minimum Gasteiger partial charge on any atom is -0.303 e. The zero-order valence-corrected chi connectivity index (χ0v) is 19.4. The Hall–Kier alpha value is -5.39. The zero-order chi connectivity index (χ0) is 27.0. The number of urea groups is 1. The Morgan fingerprint density at radius 3 is 2.32 bits per heavy atom. The van der Waals surface area contributed by atoms with E-state index in [4.69, 9.17) is 0 Å². The molecule has 0 unspecified atom stereocenters. The summed E-state index contributed by atoms with van der Waals surface area (Å²) < 4.78 is 28.5. The molecule has 0 aliphatic carbocycles. The molecule has 0 saturated carbocycles. The van der Waals surface area contributed by atoms with Gasteiger partial charge in [-0.05, 0) is 24.3 Å². The van der Waals surface area contributed by atoms with Crippen LogP contribution in [0.3, 0.4) is 0 Å². The van der Waals surface area contributed by atoms with Crippen LogP contribution in [0, 0.1) is 21.7 Å². The molecule has 1 saturated heterocycles. The summed E-state index contributed by atoms with van der Waals surface area (Å²) in [6, 6.07) is 16.0. The van der Waals surface area contributed by atoms with Crippen molar-refractivity contribution >= 4 is 23.7 Å². The monoisotopic (exact) mass is 517 g/mol. The van der Waals surface area contributed by atoms with Crippen molar-refractivity contribution in [1.29, 1.82) is 0 Å². The van der Waals surface area contributed by atoms with Crippen LogP contribution in [0.2, 0.25) is 0 Å². The number of carbonyl (C=O) groups excluding carboxylic acids is 2. The first-order chi connectivity index (χ1) is 18.2. The van der Waals surface area contributed by atoms with Crippen molar-refractivity contribution < 1.29 is 23.3 Å². The summed E-state index contributed by atoms with van der Waals surface area (Å²) in [4.78, 5) is 50.2. The van der Waals surface area contributed by atoms with Crippen LogP contribution in [0.4, 0.5) is 19.3 Å². The number of benzene rings is 3. The number of aromatic amines is 1. The lowest BCUT2D eigenvalue weighted by molar-refractivity contribution is -0.384. The minimum absolute atomic E-state index is 0.0352. The van der Waals surface area contributed by atoms with Gasteiger partial charge in [-0.2, -0.15) is 0 Å². The van der Waals surface area contributed by atoms with E-state index in [2.05, 4.69) is 10.4 Å². The van der Waals surface area contributed by atoms with Crippen molar-refractivity contribution in [2.24, 2.45) is 0 Å². The third-order valence-corrected chi connectivity index (χ3v) is 5.90. The molecule has 10 nitrogen and oxygen atoms in total. The highest BCUT2D eigenvalue weighted by Crippen LogP contribution is 2.25. The average Bonchev–Trinajstić information content (AvgIpc) is 3.37. The number of aromatic nitrogens is 2. The van der Waals surface area contributed by atoms with Gasteiger partial charge < -0.3 is 5.32 Å². The Morgan fingerprint density at radius 2 is 1.66 bits per heavy atom. The number of hydrogen-bond acceptors (Lipinski definition) is 5. The number of nitro groups is 1. The van der Waals surface area contributed by atoms with Crippen LogP contribution >= 0.6 is 0 Å². The van der Waals surface area contributed by atoms with E-state index >= 15 is 0 Å². The number of H-pyrrole nitrogens is 1. The molecule has 0 atom stereocenters. The highest BCUT2D eigenvalue weighted by atomic mass is 19.1. The molecule has 1 aliphatic heterocycles. The van der Waals surface area contributed by atoms with Gasteiger partial charge in [0.1, 0.15) is 17.3 Å². The van der Waals surface area contributed by atoms with Gasteiger partial charge in [-0.3, -0.25) is 29.7 Å². The SMILES string of the molecule is O=C1NC(=Cc2c(-c3ccccc3)[nH]n(-c3ccc([N+](=O)[O-])cc3)c2=O)C(=O)N1Cc1ccc(F)cc1F. The van der Waals surface area contributed by atoms with Gasteiger partial charge in [0.25, 0.3) is 17.2 Å². The molecule has 190 valence electrons. The van der Waals surface area contributed by atoms with Crippen LogP contribution in [-0.4, -0.2) is 31.5 Å². The Kier molecular flexibility index (Phi) is 6.13. The van der Waals surface area contributed by atoms with E-state index in [-0.39, 0.29) is 22.5 Å². The number of halogens is 2. The third kappa shape index (κ3) is 4.46. The molecular weight excluding hydrogens is 500 g/mol. The van der Waals surface area contributed by atoms with Gasteiger partial charge in [-0.15, -0.1) is 0 Å². The number of nitrogens with one attached hydrogen (secondary N) is 2. The molecule has 2 heterocycles. The highest BCUT2D eigenvalue weighted by molar-refractivity contribution is 6.14. The lowest BCUT2D eigenvalue weighted by Crippen LogP contribution is -2.30. The van der Waals surface area contributed by atoms with Gasteiger partial charge in [-0.1, -0.05) is 36.4 Å². The number of carbonyl (C=O) groups is 2. The van der Waals surface area contributed by atoms with Crippen molar-refractivity contribution in [1.82, 2.24) is 20.0 Å². The first-order valence-electron chi connectivity index (χ1n) is 11.2. The maximum atomic E-state index is 14.1. The van der Waals surface area contributed by atoms with Crippen molar-refractivity contribution in [2.75, 3.05) is 0 Å². The molecule has 12 heteroatoms. The Labute approximate surface area is 212 Å². The van der Waals surface area contributed by atoms with E-state index in [1.807, 2.05) is 0 Å². The van der Waals surface area contributed by atoms with Crippen LogP contribution in [0.1, 0.15) is 11.1 Å². The van der Waals surface area contributed by atoms with Crippen molar-refractivity contribution in [3.63, 3.8) is 0 Å². The second-order valence-electron chi connectivity index (χ2n) is 8.30. The smallest absolute Gasteiger partial charge is 0.303 e. The van der Waals surface area contributed by atoms with Crippen LogP contribution in [-0.2, 0) is 11.3 Å². The van der Waals surface area contributed by atoms with Gasteiger partial charge >= 0.3 is 6.03 Å². The number of hydrogen-bond donors (Lipinski definition) is 2. The number of amides is 3. The van der Waals surface area contributed by atoms with E-state index < -0.39 is 40.6 Å². The van der Waals surface area contributed by atoms with Crippen molar-refractivity contribution in [3.8, 4) is 16.9 Å². The summed E-state index contributed by atoms with van der Waals surface area (Å²) in [5.41, 5.74) is 0.229. The molecule has 2 N–H and O–H groups in total. The van der Waals surface area contributed by atoms with Gasteiger partial charge in [0.15, 0.2) is 0 Å². The molecule has 1 aliphatic rings. The molecule has 38 heavy (non-hydrogen) atoms. The summed E-state index contributed by atoms with van der Waals surface area (Å²) in [7, 11) is 0. The van der Waals surface area contributed by atoms with Gasteiger partial charge in [0.05, 0.1) is 28.4 Å². The zero-order valence-electron chi connectivity index (χ0n) is 19.4. The Bertz CT molecular complexity index is 1680. The number of nitrogens with zero attached hydrogens (tertiary/aromatic N) is 3. The average molecular weight is 517 g/mol. The summed E-state index contributed by atoms with van der Waals surface area (Å²) >= 11 is 0. The number of rotatable bonds is 6. The quantitative estimate of drug-likeness (QED) is 0.172. The fourth-order valence-corrected chi connectivity index (χ4v) is 3.99. The number of imide groups is 1. The second kappa shape index (κ2) is 9.58. The molecule has 3 aromatic carbocycles. The largest absolute Gasteiger partial charge is 0.329 e. The maximum absolute atomic E-state index is 14.1. The van der Waals surface area contributed by atoms with E-state index in [1.165, 1.54) is 30.3 Å².